The van der Waals surface area contributed by atoms with Crippen LogP contribution in [-0.2, 0) is 0 Å². The minimum absolute atomic E-state index is 0.659. The third kappa shape index (κ3) is 3.81. The van der Waals surface area contributed by atoms with Gasteiger partial charge in [0.2, 0.25) is 0 Å². The van der Waals surface area contributed by atoms with Crippen molar-refractivity contribution in [2.45, 2.75) is 0 Å². The van der Waals surface area contributed by atoms with E-state index in [0.717, 1.165) is 33.2 Å². The molecule has 0 atom stereocenters. The molecule has 0 fully saturated rings. The quantitative estimate of drug-likeness (QED) is 0.206. The Hall–Kier alpha value is -5.87. The molecule has 0 aliphatic rings. The molecule has 0 saturated carbocycles. The van der Waals surface area contributed by atoms with Gasteiger partial charge < -0.3 is 4.57 Å². The second kappa shape index (κ2) is 9.33. The van der Waals surface area contributed by atoms with Crippen molar-refractivity contribution < 1.29 is 0 Å². The summed E-state index contributed by atoms with van der Waals surface area (Å²) in [4.78, 5) is 14.7. The van der Waals surface area contributed by atoms with Gasteiger partial charge in [0.25, 0.3) is 0 Å². The first-order valence-corrected chi connectivity index (χ1v) is 14.5. The number of hydrogen-bond acceptors (Lipinski definition) is 3. The van der Waals surface area contributed by atoms with Crippen LogP contribution in [0.25, 0.3) is 83.2 Å². The molecule has 0 aliphatic heterocycles. The van der Waals surface area contributed by atoms with E-state index in [1.807, 2.05) is 60.7 Å². The molecule has 7 aromatic carbocycles. The Morgan fingerprint density at radius 1 is 0.349 bits per heavy atom. The second-order valence-electron chi connectivity index (χ2n) is 10.9. The standard InChI is InChI=1S/C39H24N4/c1-3-9-27(10-4-1)37-40-38(28-11-5-2-6-12-28)42-39(41-37)31-20-19-30-24-32(22-21-29(30)23-31)43-33-15-7-13-25-17-18-26-14-8-16-34(43)36(26)35(25)33/h1-24H. The van der Waals surface area contributed by atoms with E-state index >= 15 is 0 Å². The summed E-state index contributed by atoms with van der Waals surface area (Å²) in [5.41, 5.74) is 6.49. The van der Waals surface area contributed by atoms with Crippen molar-refractivity contribution in [3.8, 4) is 39.9 Å². The van der Waals surface area contributed by atoms with Crippen molar-refractivity contribution in [1.82, 2.24) is 19.5 Å². The van der Waals surface area contributed by atoms with Crippen LogP contribution in [0.5, 0.6) is 0 Å². The molecule has 9 aromatic rings. The molecule has 200 valence electrons. The Kier molecular flexibility index (Phi) is 5.16. The molecule has 0 aliphatic carbocycles. The van der Waals surface area contributed by atoms with E-state index in [9.17, 15) is 0 Å². The van der Waals surface area contributed by atoms with E-state index in [2.05, 4.69) is 89.5 Å². The lowest BCUT2D eigenvalue weighted by Crippen LogP contribution is -2.00. The van der Waals surface area contributed by atoms with Crippen LogP contribution in [0, 0.1) is 0 Å². The lowest BCUT2D eigenvalue weighted by molar-refractivity contribution is 1.07. The van der Waals surface area contributed by atoms with Crippen LogP contribution < -0.4 is 0 Å². The van der Waals surface area contributed by atoms with Gasteiger partial charge in [0, 0.05) is 33.2 Å². The van der Waals surface area contributed by atoms with E-state index in [-0.39, 0.29) is 0 Å². The number of benzene rings is 7. The van der Waals surface area contributed by atoms with Crippen LogP contribution in [0.3, 0.4) is 0 Å². The minimum Gasteiger partial charge on any atom is -0.309 e. The van der Waals surface area contributed by atoms with Gasteiger partial charge in [-0.15, -0.1) is 0 Å². The summed E-state index contributed by atoms with van der Waals surface area (Å²) in [6, 6.07) is 51.0. The predicted octanol–water partition coefficient (Wildman–Crippen LogP) is 9.71. The van der Waals surface area contributed by atoms with Crippen LogP contribution in [0.1, 0.15) is 0 Å². The van der Waals surface area contributed by atoms with E-state index in [1.54, 1.807) is 0 Å². The van der Waals surface area contributed by atoms with Crippen molar-refractivity contribution >= 4 is 43.4 Å². The fraction of sp³-hybridized carbons (Fsp3) is 0. The largest absolute Gasteiger partial charge is 0.309 e. The smallest absolute Gasteiger partial charge is 0.164 e. The number of aromatic nitrogens is 4. The topological polar surface area (TPSA) is 43.6 Å². The molecule has 43 heavy (non-hydrogen) atoms. The highest BCUT2D eigenvalue weighted by Crippen LogP contribution is 2.39. The van der Waals surface area contributed by atoms with Gasteiger partial charge in [-0.1, -0.05) is 115 Å². The first-order chi connectivity index (χ1) is 21.3. The Balaban J connectivity index is 1.19. The minimum atomic E-state index is 0.659. The molecule has 0 unspecified atom stereocenters. The molecule has 2 aromatic heterocycles. The van der Waals surface area contributed by atoms with E-state index < -0.39 is 0 Å². The molecule has 0 bridgehead atoms. The SMILES string of the molecule is c1ccc(-c2nc(-c3ccccc3)nc(-c3ccc4cc(-n5c6cccc7ccc8cccc5c8c76)ccc4c3)n2)cc1. The molecule has 2 heterocycles. The van der Waals surface area contributed by atoms with Gasteiger partial charge >= 0.3 is 0 Å². The number of nitrogens with zero attached hydrogens (tertiary/aromatic N) is 4. The lowest BCUT2D eigenvalue weighted by atomic mass is 10.0. The molecule has 0 saturated heterocycles. The average molecular weight is 549 g/mol. The van der Waals surface area contributed by atoms with E-state index in [4.69, 9.17) is 15.0 Å². The molecule has 0 spiro atoms. The van der Waals surface area contributed by atoms with Crippen LogP contribution in [-0.4, -0.2) is 19.5 Å². The summed E-state index contributed by atoms with van der Waals surface area (Å²) in [6.07, 6.45) is 0. The van der Waals surface area contributed by atoms with Gasteiger partial charge in [0.1, 0.15) is 0 Å². The molecular weight excluding hydrogens is 524 g/mol. The molecule has 4 heteroatoms. The Morgan fingerprint density at radius 3 is 1.42 bits per heavy atom. The molecule has 4 nitrogen and oxygen atoms in total. The zero-order valence-electron chi connectivity index (χ0n) is 23.1. The summed E-state index contributed by atoms with van der Waals surface area (Å²) in [5, 5.41) is 7.49. The van der Waals surface area contributed by atoms with Gasteiger partial charge in [0.15, 0.2) is 17.5 Å². The lowest BCUT2D eigenvalue weighted by Gasteiger charge is -2.11. The summed E-state index contributed by atoms with van der Waals surface area (Å²) in [7, 11) is 0. The third-order valence-electron chi connectivity index (χ3n) is 8.36. The first-order valence-electron chi connectivity index (χ1n) is 14.5. The fourth-order valence-corrected chi connectivity index (χ4v) is 6.35. The fourth-order valence-electron chi connectivity index (χ4n) is 6.35. The highest BCUT2D eigenvalue weighted by molar-refractivity contribution is 6.24. The number of rotatable bonds is 4. The van der Waals surface area contributed by atoms with Crippen molar-refractivity contribution in [3.63, 3.8) is 0 Å². The Morgan fingerprint density at radius 2 is 0.837 bits per heavy atom. The van der Waals surface area contributed by atoms with E-state index in [1.165, 1.54) is 32.6 Å². The van der Waals surface area contributed by atoms with Crippen LogP contribution in [0.2, 0.25) is 0 Å². The summed E-state index contributed by atoms with van der Waals surface area (Å²) in [6.45, 7) is 0. The maximum absolute atomic E-state index is 4.92. The average Bonchev–Trinajstić information content (AvgIpc) is 3.43. The number of fused-ring (bicyclic) bond motifs is 1. The van der Waals surface area contributed by atoms with Gasteiger partial charge in [-0.05, 0) is 51.9 Å². The van der Waals surface area contributed by atoms with Gasteiger partial charge in [-0.3, -0.25) is 0 Å². The van der Waals surface area contributed by atoms with Crippen molar-refractivity contribution in [2.75, 3.05) is 0 Å². The Labute approximate surface area is 247 Å². The molecule has 0 amide bonds. The zero-order chi connectivity index (χ0) is 28.3. The highest BCUT2D eigenvalue weighted by Gasteiger charge is 2.17. The summed E-state index contributed by atoms with van der Waals surface area (Å²) in [5.74, 6) is 1.99. The molecule has 0 N–H and O–H groups in total. The number of hydrogen-bond donors (Lipinski definition) is 0. The zero-order valence-corrected chi connectivity index (χ0v) is 23.1. The summed E-state index contributed by atoms with van der Waals surface area (Å²) >= 11 is 0. The van der Waals surface area contributed by atoms with Gasteiger partial charge in [-0.2, -0.15) is 0 Å². The summed E-state index contributed by atoms with van der Waals surface area (Å²) < 4.78 is 2.39. The normalized spacial score (nSPS) is 11.7. The second-order valence-corrected chi connectivity index (χ2v) is 10.9. The monoisotopic (exact) mass is 548 g/mol. The van der Waals surface area contributed by atoms with Crippen LogP contribution in [0.15, 0.2) is 146 Å². The Bertz CT molecular complexity index is 2320. The van der Waals surface area contributed by atoms with Crippen molar-refractivity contribution in [1.29, 1.82) is 0 Å². The van der Waals surface area contributed by atoms with Crippen molar-refractivity contribution in [3.05, 3.63) is 146 Å². The molecule has 9 rings (SSSR count). The van der Waals surface area contributed by atoms with Gasteiger partial charge in [-0.25, -0.2) is 15.0 Å². The predicted molar refractivity (Wildman–Crippen MR) is 177 cm³/mol. The first kappa shape index (κ1) is 23.8. The highest BCUT2D eigenvalue weighted by atomic mass is 15.0. The van der Waals surface area contributed by atoms with Gasteiger partial charge in [0.05, 0.1) is 11.0 Å². The maximum atomic E-state index is 4.92. The van der Waals surface area contributed by atoms with Crippen LogP contribution in [0.4, 0.5) is 0 Å². The molecule has 0 radical (unpaired) electrons. The van der Waals surface area contributed by atoms with E-state index in [0.29, 0.717) is 17.5 Å². The van der Waals surface area contributed by atoms with Crippen LogP contribution >= 0.6 is 0 Å². The maximum Gasteiger partial charge on any atom is 0.164 e. The molecular formula is C39H24N4. The third-order valence-corrected chi connectivity index (χ3v) is 8.36. The van der Waals surface area contributed by atoms with Crippen molar-refractivity contribution in [2.24, 2.45) is 0 Å².